The molecule has 1 amide bonds. The quantitative estimate of drug-likeness (QED) is 0.740. The van der Waals surface area contributed by atoms with Crippen LogP contribution in [0.25, 0.3) is 10.1 Å². The molecule has 3 aromatic rings. The van der Waals surface area contributed by atoms with Crippen LogP contribution in [0, 0.1) is 6.92 Å². The molecule has 0 aliphatic carbocycles. The van der Waals surface area contributed by atoms with E-state index < -0.39 is 0 Å². The second kappa shape index (κ2) is 5.09. The van der Waals surface area contributed by atoms with Gasteiger partial charge in [0.25, 0.3) is 5.91 Å². The summed E-state index contributed by atoms with van der Waals surface area (Å²) in [7, 11) is 1.78. The van der Waals surface area contributed by atoms with Crippen LogP contribution in [0.15, 0.2) is 40.2 Å². The Kier molecular flexibility index (Phi) is 3.28. The zero-order valence-corrected chi connectivity index (χ0v) is 12.1. The monoisotopic (exact) mass is 286 g/mol. The third-order valence-electron chi connectivity index (χ3n) is 3.13. The number of nitrogens with zero attached hydrogens (tertiary/aromatic N) is 2. The van der Waals surface area contributed by atoms with Gasteiger partial charge in [0.05, 0.1) is 12.1 Å². The molecule has 2 aromatic heterocycles. The highest BCUT2D eigenvalue weighted by Gasteiger charge is 2.17. The van der Waals surface area contributed by atoms with Gasteiger partial charge in [-0.2, -0.15) is 0 Å². The van der Waals surface area contributed by atoms with Gasteiger partial charge in [0.15, 0.2) is 0 Å². The van der Waals surface area contributed by atoms with Crippen molar-refractivity contribution < 1.29 is 9.32 Å². The van der Waals surface area contributed by atoms with E-state index in [2.05, 4.69) is 5.16 Å². The van der Waals surface area contributed by atoms with E-state index in [-0.39, 0.29) is 5.91 Å². The molecule has 0 aliphatic heterocycles. The zero-order chi connectivity index (χ0) is 14.1. The number of carbonyl (C=O) groups excluding carboxylic acids is 1. The van der Waals surface area contributed by atoms with E-state index in [0.29, 0.717) is 6.54 Å². The van der Waals surface area contributed by atoms with Gasteiger partial charge < -0.3 is 9.42 Å². The molecule has 2 heterocycles. The summed E-state index contributed by atoms with van der Waals surface area (Å²) >= 11 is 1.59. The van der Waals surface area contributed by atoms with E-state index >= 15 is 0 Å². The predicted molar refractivity (Wildman–Crippen MR) is 78.9 cm³/mol. The van der Waals surface area contributed by atoms with E-state index in [4.69, 9.17) is 4.52 Å². The molecule has 0 spiro atoms. The summed E-state index contributed by atoms with van der Waals surface area (Å²) < 4.78 is 6.15. The standard InChI is InChI=1S/C15H14N2O2S/c1-10-7-11(16-19-10)8-17(2)15(18)13-9-20-14-6-4-3-5-12(13)14/h3-7,9H,8H2,1-2H3. The lowest BCUT2D eigenvalue weighted by atomic mass is 10.1. The van der Waals surface area contributed by atoms with Gasteiger partial charge in [-0.05, 0) is 13.0 Å². The number of rotatable bonds is 3. The Morgan fingerprint density at radius 1 is 1.40 bits per heavy atom. The van der Waals surface area contributed by atoms with Crippen LogP contribution in [0.3, 0.4) is 0 Å². The molecule has 20 heavy (non-hydrogen) atoms. The molecule has 0 unspecified atom stereocenters. The fourth-order valence-corrected chi connectivity index (χ4v) is 3.09. The summed E-state index contributed by atoms with van der Waals surface area (Å²) in [5.74, 6) is 0.755. The molecule has 0 fully saturated rings. The SMILES string of the molecule is Cc1cc(CN(C)C(=O)c2csc3ccccc23)no1. The van der Waals surface area contributed by atoms with Gasteiger partial charge in [-0.3, -0.25) is 4.79 Å². The first-order valence-electron chi connectivity index (χ1n) is 6.29. The summed E-state index contributed by atoms with van der Waals surface area (Å²) in [6.07, 6.45) is 0. The number of benzene rings is 1. The molecule has 0 radical (unpaired) electrons. The fraction of sp³-hybridized carbons (Fsp3) is 0.200. The molecule has 4 nitrogen and oxygen atoms in total. The zero-order valence-electron chi connectivity index (χ0n) is 11.3. The minimum Gasteiger partial charge on any atom is -0.361 e. The highest BCUT2D eigenvalue weighted by molar-refractivity contribution is 7.17. The van der Waals surface area contributed by atoms with Gasteiger partial charge in [0, 0.05) is 28.6 Å². The maximum absolute atomic E-state index is 12.5. The Morgan fingerprint density at radius 2 is 2.20 bits per heavy atom. The Labute approximate surface area is 120 Å². The lowest BCUT2D eigenvalue weighted by Gasteiger charge is -2.14. The van der Waals surface area contributed by atoms with Crippen LogP contribution in [0.5, 0.6) is 0 Å². The van der Waals surface area contributed by atoms with Gasteiger partial charge in [0.1, 0.15) is 11.5 Å². The number of aryl methyl sites for hydroxylation is 1. The lowest BCUT2D eigenvalue weighted by molar-refractivity contribution is 0.0784. The molecule has 5 heteroatoms. The number of thiophene rings is 1. The van der Waals surface area contributed by atoms with Crippen LogP contribution in [0.1, 0.15) is 21.8 Å². The van der Waals surface area contributed by atoms with E-state index in [1.165, 1.54) is 0 Å². The molecule has 0 saturated carbocycles. The number of hydrogen-bond acceptors (Lipinski definition) is 4. The van der Waals surface area contributed by atoms with Crippen molar-refractivity contribution in [3.8, 4) is 0 Å². The molecule has 3 rings (SSSR count). The first-order chi connectivity index (χ1) is 9.65. The highest BCUT2D eigenvalue weighted by Crippen LogP contribution is 2.26. The summed E-state index contributed by atoms with van der Waals surface area (Å²) in [5.41, 5.74) is 1.51. The van der Waals surface area contributed by atoms with Crippen LogP contribution in [0.4, 0.5) is 0 Å². The largest absolute Gasteiger partial charge is 0.361 e. The van der Waals surface area contributed by atoms with Crippen molar-refractivity contribution in [2.24, 2.45) is 0 Å². The average molecular weight is 286 g/mol. The second-order valence-corrected chi connectivity index (χ2v) is 5.65. The number of aromatic nitrogens is 1. The van der Waals surface area contributed by atoms with Crippen molar-refractivity contribution in [2.75, 3.05) is 7.05 Å². The van der Waals surface area contributed by atoms with Gasteiger partial charge in [-0.1, -0.05) is 23.4 Å². The third-order valence-corrected chi connectivity index (χ3v) is 4.10. The molecular formula is C15H14N2O2S. The first-order valence-corrected chi connectivity index (χ1v) is 7.17. The molecular weight excluding hydrogens is 272 g/mol. The van der Waals surface area contributed by atoms with Crippen LogP contribution in [0.2, 0.25) is 0 Å². The van der Waals surface area contributed by atoms with Gasteiger partial charge >= 0.3 is 0 Å². The van der Waals surface area contributed by atoms with E-state index in [1.54, 1.807) is 23.3 Å². The maximum atomic E-state index is 12.5. The molecule has 0 N–H and O–H groups in total. The average Bonchev–Trinajstić information content (AvgIpc) is 3.04. The second-order valence-electron chi connectivity index (χ2n) is 4.74. The van der Waals surface area contributed by atoms with Gasteiger partial charge in [0.2, 0.25) is 0 Å². The van der Waals surface area contributed by atoms with E-state index in [1.807, 2.05) is 42.6 Å². The van der Waals surface area contributed by atoms with E-state index in [9.17, 15) is 4.79 Å². The first kappa shape index (κ1) is 12.9. The fourth-order valence-electron chi connectivity index (χ4n) is 2.16. The number of carbonyl (C=O) groups is 1. The maximum Gasteiger partial charge on any atom is 0.255 e. The minimum atomic E-state index is 0.00287. The van der Waals surface area contributed by atoms with Crippen LogP contribution < -0.4 is 0 Å². The summed E-state index contributed by atoms with van der Waals surface area (Å²) in [5, 5.41) is 6.84. The Hall–Kier alpha value is -2.14. The van der Waals surface area contributed by atoms with Crippen molar-refractivity contribution >= 4 is 27.3 Å². The number of hydrogen-bond donors (Lipinski definition) is 0. The summed E-state index contributed by atoms with van der Waals surface area (Å²) in [4.78, 5) is 14.2. The molecule has 1 aromatic carbocycles. The topological polar surface area (TPSA) is 46.3 Å². The molecule has 102 valence electrons. The molecule has 0 atom stereocenters. The predicted octanol–water partition coefficient (Wildman–Crippen LogP) is 3.47. The Morgan fingerprint density at radius 3 is 2.95 bits per heavy atom. The molecule has 0 aliphatic rings. The van der Waals surface area contributed by atoms with Crippen LogP contribution >= 0.6 is 11.3 Å². The Bertz CT molecular complexity index is 760. The normalized spacial score (nSPS) is 10.9. The highest BCUT2D eigenvalue weighted by atomic mass is 32.1. The summed E-state index contributed by atoms with van der Waals surface area (Å²) in [6, 6.07) is 9.78. The van der Waals surface area contributed by atoms with Gasteiger partial charge in [-0.25, -0.2) is 0 Å². The molecule has 0 saturated heterocycles. The van der Waals surface area contributed by atoms with Crippen molar-refractivity contribution in [3.63, 3.8) is 0 Å². The van der Waals surface area contributed by atoms with Crippen LogP contribution in [-0.4, -0.2) is 23.0 Å². The van der Waals surface area contributed by atoms with Crippen molar-refractivity contribution in [1.82, 2.24) is 10.1 Å². The number of fused-ring (bicyclic) bond motifs is 1. The minimum absolute atomic E-state index is 0.00287. The smallest absolute Gasteiger partial charge is 0.255 e. The van der Waals surface area contributed by atoms with Crippen molar-refractivity contribution in [1.29, 1.82) is 0 Å². The molecule has 0 bridgehead atoms. The third kappa shape index (κ3) is 2.32. The number of amides is 1. The van der Waals surface area contributed by atoms with Crippen LogP contribution in [-0.2, 0) is 6.54 Å². The van der Waals surface area contributed by atoms with Gasteiger partial charge in [-0.15, -0.1) is 11.3 Å². The van der Waals surface area contributed by atoms with E-state index in [0.717, 1.165) is 27.1 Å². The van der Waals surface area contributed by atoms with Crippen molar-refractivity contribution in [2.45, 2.75) is 13.5 Å². The summed E-state index contributed by atoms with van der Waals surface area (Å²) in [6.45, 7) is 2.28. The Balaban J connectivity index is 1.84. The lowest BCUT2D eigenvalue weighted by Crippen LogP contribution is -2.26. The van der Waals surface area contributed by atoms with Crippen molar-refractivity contribution in [3.05, 3.63) is 52.7 Å².